The average Bonchev–Trinajstić information content (AvgIpc) is 2.78. The third-order valence-corrected chi connectivity index (χ3v) is 2.49. The Bertz CT molecular complexity index is 593. The van der Waals surface area contributed by atoms with Crippen LogP contribution in [0.15, 0.2) is 46.9 Å². The lowest BCUT2D eigenvalue weighted by molar-refractivity contribution is 0.554. The summed E-state index contributed by atoms with van der Waals surface area (Å²) in [6.45, 7) is 0. The molecule has 0 saturated carbocycles. The summed E-state index contributed by atoms with van der Waals surface area (Å²) in [6.07, 6.45) is 0. The average molecular weight is 245 g/mol. The molecule has 0 saturated heterocycles. The Morgan fingerprint density at radius 1 is 1.18 bits per heavy atom. The summed E-state index contributed by atoms with van der Waals surface area (Å²) in [5.41, 5.74) is 7.30. The second-order valence-corrected chi connectivity index (χ2v) is 3.74. The van der Waals surface area contributed by atoms with Gasteiger partial charge >= 0.3 is 0 Å². The minimum Gasteiger partial charge on any atom is -0.443 e. The van der Waals surface area contributed by atoms with Gasteiger partial charge in [-0.3, -0.25) is 0 Å². The Kier molecular flexibility index (Phi) is 3.17. The highest BCUT2D eigenvalue weighted by Crippen LogP contribution is 2.24. The van der Waals surface area contributed by atoms with E-state index in [4.69, 9.17) is 27.0 Å². The van der Waals surface area contributed by atoms with Crippen LogP contribution >= 0.6 is 11.6 Å². The van der Waals surface area contributed by atoms with E-state index in [-0.39, 0.29) is 10.9 Å². The van der Waals surface area contributed by atoms with Crippen LogP contribution in [0.1, 0.15) is 11.3 Å². The van der Waals surface area contributed by atoms with E-state index in [1.807, 2.05) is 30.3 Å². The second-order valence-electron chi connectivity index (χ2n) is 3.37. The SMILES string of the molecule is N#C/C(=C(/N)c1ccc(Cl)o1)c1ccccc1. The summed E-state index contributed by atoms with van der Waals surface area (Å²) in [6, 6.07) is 14.5. The van der Waals surface area contributed by atoms with Crippen molar-refractivity contribution in [2.45, 2.75) is 0 Å². The highest BCUT2D eigenvalue weighted by Gasteiger charge is 2.11. The molecule has 2 aromatic rings. The van der Waals surface area contributed by atoms with Crippen molar-refractivity contribution >= 4 is 22.9 Å². The molecule has 0 unspecified atom stereocenters. The number of halogens is 1. The number of furan rings is 1. The molecule has 0 aliphatic carbocycles. The van der Waals surface area contributed by atoms with Gasteiger partial charge in [-0.1, -0.05) is 30.3 Å². The molecule has 0 fully saturated rings. The van der Waals surface area contributed by atoms with Gasteiger partial charge in [0.25, 0.3) is 0 Å². The van der Waals surface area contributed by atoms with E-state index in [9.17, 15) is 0 Å². The summed E-state index contributed by atoms with van der Waals surface area (Å²) in [7, 11) is 0. The van der Waals surface area contributed by atoms with E-state index in [0.29, 0.717) is 11.3 Å². The number of hydrogen-bond acceptors (Lipinski definition) is 3. The fourth-order valence-corrected chi connectivity index (χ4v) is 1.61. The van der Waals surface area contributed by atoms with Gasteiger partial charge in [0.05, 0.1) is 11.3 Å². The third kappa shape index (κ3) is 2.32. The molecule has 0 radical (unpaired) electrons. The van der Waals surface area contributed by atoms with Gasteiger partial charge in [-0.2, -0.15) is 5.26 Å². The van der Waals surface area contributed by atoms with Crippen molar-refractivity contribution in [2.24, 2.45) is 5.73 Å². The molecule has 1 heterocycles. The number of benzene rings is 1. The van der Waals surface area contributed by atoms with Crippen molar-refractivity contribution in [2.75, 3.05) is 0 Å². The Morgan fingerprint density at radius 2 is 1.88 bits per heavy atom. The minimum atomic E-state index is 0.244. The Hall–Kier alpha value is -2.18. The summed E-state index contributed by atoms with van der Waals surface area (Å²) in [5.74, 6) is 0.399. The standard InChI is InChI=1S/C13H9ClN2O/c14-12-7-6-11(17-12)13(16)10(8-15)9-4-2-1-3-5-9/h1-7H,16H2/b13-10-. The molecule has 17 heavy (non-hydrogen) atoms. The molecule has 1 aromatic heterocycles. The molecular formula is C13H9ClN2O. The van der Waals surface area contributed by atoms with Crippen molar-refractivity contribution in [3.8, 4) is 6.07 Å². The summed E-state index contributed by atoms with van der Waals surface area (Å²) in [5, 5.41) is 9.40. The van der Waals surface area contributed by atoms with Gasteiger partial charge in [-0.25, -0.2) is 0 Å². The molecule has 0 amide bonds. The first-order chi connectivity index (χ1) is 8.22. The van der Waals surface area contributed by atoms with Crippen LogP contribution in [0, 0.1) is 11.3 Å². The Morgan fingerprint density at radius 3 is 2.41 bits per heavy atom. The van der Waals surface area contributed by atoms with Crippen molar-refractivity contribution in [1.82, 2.24) is 0 Å². The number of rotatable bonds is 2. The van der Waals surface area contributed by atoms with Gasteiger partial charge in [0, 0.05) is 0 Å². The predicted octanol–water partition coefficient (Wildman–Crippen LogP) is 3.28. The van der Waals surface area contributed by atoms with E-state index in [0.717, 1.165) is 5.56 Å². The molecule has 0 atom stereocenters. The molecule has 2 rings (SSSR count). The largest absolute Gasteiger partial charge is 0.443 e. The molecule has 1 aromatic carbocycles. The van der Waals surface area contributed by atoms with Gasteiger partial charge in [0.15, 0.2) is 11.0 Å². The molecule has 84 valence electrons. The summed E-state index contributed by atoms with van der Waals surface area (Å²) < 4.78 is 5.18. The minimum absolute atomic E-state index is 0.244. The van der Waals surface area contributed by atoms with E-state index in [1.54, 1.807) is 12.1 Å². The smallest absolute Gasteiger partial charge is 0.194 e. The van der Waals surface area contributed by atoms with Crippen LogP contribution in [0.2, 0.25) is 5.22 Å². The third-order valence-electron chi connectivity index (χ3n) is 2.28. The molecule has 0 aliphatic heterocycles. The van der Waals surface area contributed by atoms with Gasteiger partial charge in [0.1, 0.15) is 6.07 Å². The monoisotopic (exact) mass is 244 g/mol. The quantitative estimate of drug-likeness (QED) is 0.825. The molecule has 0 spiro atoms. The van der Waals surface area contributed by atoms with Crippen molar-refractivity contribution in [3.63, 3.8) is 0 Å². The number of allylic oxidation sites excluding steroid dienone is 1. The van der Waals surface area contributed by atoms with Crippen LogP contribution in [0.25, 0.3) is 11.3 Å². The predicted molar refractivity (Wildman–Crippen MR) is 66.8 cm³/mol. The first-order valence-corrected chi connectivity index (χ1v) is 5.31. The lowest BCUT2D eigenvalue weighted by Gasteiger charge is -2.02. The first-order valence-electron chi connectivity index (χ1n) is 4.93. The maximum Gasteiger partial charge on any atom is 0.194 e. The first kappa shape index (κ1) is 11.3. The number of nitriles is 1. The van der Waals surface area contributed by atoms with E-state index >= 15 is 0 Å². The normalized spacial score (nSPS) is 11.8. The van der Waals surface area contributed by atoms with Crippen LogP contribution in [-0.2, 0) is 0 Å². The molecule has 0 aliphatic rings. The van der Waals surface area contributed by atoms with Crippen LogP contribution < -0.4 is 5.73 Å². The molecule has 3 nitrogen and oxygen atoms in total. The van der Waals surface area contributed by atoms with Gasteiger partial charge in [0.2, 0.25) is 0 Å². The highest BCUT2D eigenvalue weighted by atomic mass is 35.5. The number of hydrogen-bond donors (Lipinski definition) is 1. The molecular weight excluding hydrogens is 236 g/mol. The van der Waals surface area contributed by atoms with Crippen molar-refractivity contribution in [3.05, 3.63) is 59.0 Å². The number of nitrogens with two attached hydrogens (primary N) is 1. The van der Waals surface area contributed by atoms with E-state index in [1.165, 1.54) is 0 Å². The zero-order valence-electron chi connectivity index (χ0n) is 8.85. The Balaban J connectivity index is 2.52. The zero-order chi connectivity index (χ0) is 12.3. The Labute approximate surface area is 104 Å². The molecule has 0 bridgehead atoms. The fourth-order valence-electron chi connectivity index (χ4n) is 1.47. The van der Waals surface area contributed by atoms with Gasteiger partial charge in [-0.05, 0) is 29.3 Å². The van der Waals surface area contributed by atoms with Gasteiger partial charge < -0.3 is 10.2 Å². The lowest BCUT2D eigenvalue weighted by atomic mass is 10.0. The lowest BCUT2D eigenvalue weighted by Crippen LogP contribution is -1.99. The second kappa shape index (κ2) is 4.77. The summed E-state index contributed by atoms with van der Waals surface area (Å²) in [4.78, 5) is 0. The molecule has 2 N–H and O–H groups in total. The maximum atomic E-state index is 9.16. The highest BCUT2D eigenvalue weighted by molar-refractivity contribution is 6.28. The fraction of sp³-hybridized carbons (Fsp3) is 0. The molecule has 4 heteroatoms. The number of nitrogens with zero attached hydrogens (tertiary/aromatic N) is 1. The topological polar surface area (TPSA) is 63.0 Å². The van der Waals surface area contributed by atoms with E-state index < -0.39 is 0 Å². The van der Waals surface area contributed by atoms with Crippen LogP contribution in [0.4, 0.5) is 0 Å². The van der Waals surface area contributed by atoms with Crippen molar-refractivity contribution in [1.29, 1.82) is 5.26 Å². The van der Waals surface area contributed by atoms with Crippen LogP contribution in [0.3, 0.4) is 0 Å². The van der Waals surface area contributed by atoms with Gasteiger partial charge in [-0.15, -0.1) is 0 Å². The summed E-state index contributed by atoms with van der Waals surface area (Å²) >= 11 is 5.67. The van der Waals surface area contributed by atoms with E-state index in [2.05, 4.69) is 6.07 Å². The van der Waals surface area contributed by atoms with Crippen LogP contribution in [-0.4, -0.2) is 0 Å². The maximum absolute atomic E-state index is 9.16. The zero-order valence-corrected chi connectivity index (χ0v) is 9.61. The van der Waals surface area contributed by atoms with Crippen molar-refractivity contribution < 1.29 is 4.42 Å². The van der Waals surface area contributed by atoms with Crippen LogP contribution in [0.5, 0.6) is 0 Å².